The molecule has 0 unspecified atom stereocenters. The Bertz CT molecular complexity index is 2540. The number of ether oxygens (including phenoxy) is 1. The van der Waals surface area contributed by atoms with Gasteiger partial charge in [-0.1, -0.05) is 69.8 Å². The van der Waals surface area contributed by atoms with E-state index in [4.69, 9.17) is 16.3 Å². The number of halogens is 1. The number of sulfonamides is 1. The first-order valence-corrected chi connectivity index (χ1v) is 23.4. The van der Waals surface area contributed by atoms with E-state index in [0.29, 0.717) is 23.9 Å². The van der Waals surface area contributed by atoms with Gasteiger partial charge in [-0.05, 0) is 103 Å². The number of pyridine rings is 1. The summed E-state index contributed by atoms with van der Waals surface area (Å²) in [5.74, 6) is -0.127. The highest BCUT2D eigenvalue weighted by Gasteiger charge is 2.30. The third kappa shape index (κ3) is 10.8. The van der Waals surface area contributed by atoms with Crippen molar-refractivity contribution in [1.82, 2.24) is 19.6 Å². The largest absolute Gasteiger partial charge is 0.455 e. The zero-order valence-electron chi connectivity index (χ0n) is 35.9. The van der Waals surface area contributed by atoms with Crippen molar-refractivity contribution in [3.05, 3.63) is 117 Å². The SMILES string of the molecule is CCCC(CCC)CNc1ccc(S(=O)(=O)NC(=O)c2ccc(N3CCN(CC4=C(c5ccc(Cl)cc5)CC(C)(C)CC4)CC3)cc2Oc2cnc3[nH]ccc3c2)cc1[N+](=O)[O-]. The van der Waals surface area contributed by atoms with E-state index in [1.807, 2.05) is 18.2 Å². The minimum atomic E-state index is -4.55. The molecule has 13 nitrogen and oxygen atoms in total. The van der Waals surface area contributed by atoms with E-state index in [2.05, 4.69) is 69.6 Å². The molecule has 328 valence electrons. The smallest absolute Gasteiger partial charge is 0.293 e. The van der Waals surface area contributed by atoms with Crippen molar-refractivity contribution in [2.75, 3.05) is 49.5 Å². The molecule has 1 fully saturated rings. The Kier molecular flexibility index (Phi) is 13.9. The number of aromatic amines is 1. The Morgan fingerprint density at radius 1 is 1.00 bits per heavy atom. The molecule has 2 aliphatic rings. The number of aromatic nitrogens is 2. The van der Waals surface area contributed by atoms with Crippen LogP contribution in [-0.4, -0.2) is 73.4 Å². The number of nitrogens with zero attached hydrogens (tertiary/aromatic N) is 4. The number of allylic oxidation sites excluding steroid dienone is 1. The van der Waals surface area contributed by atoms with Crippen molar-refractivity contribution in [1.29, 1.82) is 0 Å². The number of amides is 1. The second-order valence-electron chi connectivity index (χ2n) is 17.3. The second-order valence-corrected chi connectivity index (χ2v) is 19.4. The fraction of sp³-hybridized carbons (Fsp3) is 0.404. The Morgan fingerprint density at radius 3 is 2.45 bits per heavy atom. The molecule has 0 radical (unpaired) electrons. The number of hydrogen-bond donors (Lipinski definition) is 3. The molecule has 62 heavy (non-hydrogen) atoms. The average Bonchev–Trinajstić information content (AvgIpc) is 3.72. The molecule has 7 rings (SSSR count). The third-order valence-electron chi connectivity index (χ3n) is 12.0. The number of fused-ring (bicyclic) bond motifs is 1. The van der Waals surface area contributed by atoms with Crippen LogP contribution < -0.4 is 19.7 Å². The van der Waals surface area contributed by atoms with Gasteiger partial charge >= 0.3 is 0 Å². The molecular formula is C47H56ClN7O6S. The summed E-state index contributed by atoms with van der Waals surface area (Å²) in [6, 6.07) is 20.5. The van der Waals surface area contributed by atoms with Crippen LogP contribution >= 0.6 is 11.6 Å². The lowest BCUT2D eigenvalue weighted by atomic mass is 9.72. The van der Waals surface area contributed by atoms with E-state index in [1.54, 1.807) is 30.5 Å². The number of carbonyl (C=O) groups excluding carboxylic acids is 1. The Labute approximate surface area is 369 Å². The highest BCUT2D eigenvalue weighted by molar-refractivity contribution is 7.90. The van der Waals surface area contributed by atoms with Crippen molar-refractivity contribution >= 4 is 61.2 Å². The summed E-state index contributed by atoms with van der Waals surface area (Å²) in [5, 5.41) is 16.8. The van der Waals surface area contributed by atoms with Crippen LogP contribution in [0.15, 0.2) is 95.7 Å². The number of nitro groups is 1. The summed E-state index contributed by atoms with van der Waals surface area (Å²) in [6.45, 7) is 13.4. The first-order valence-electron chi connectivity index (χ1n) is 21.5. The number of nitro benzene ring substituents is 1. The monoisotopic (exact) mass is 881 g/mol. The molecule has 0 spiro atoms. The Hall–Kier alpha value is -5.44. The van der Waals surface area contributed by atoms with Crippen LogP contribution in [0.1, 0.15) is 88.6 Å². The average molecular weight is 883 g/mol. The van der Waals surface area contributed by atoms with E-state index >= 15 is 0 Å². The van der Waals surface area contributed by atoms with Crippen LogP contribution in [0.5, 0.6) is 11.5 Å². The van der Waals surface area contributed by atoms with Crippen LogP contribution in [0.25, 0.3) is 16.6 Å². The van der Waals surface area contributed by atoms with E-state index in [-0.39, 0.29) is 22.4 Å². The zero-order chi connectivity index (χ0) is 44.0. The van der Waals surface area contributed by atoms with Crippen LogP contribution in [-0.2, 0) is 10.0 Å². The van der Waals surface area contributed by atoms with Gasteiger partial charge in [-0.2, -0.15) is 0 Å². The standard InChI is InChI=1S/C47H56ClN7O6S/c1-5-7-32(8-6-2)29-50-42-16-14-39(27-43(42)55(57)58)62(59,60)52-46(56)40-15-13-37(26-44(40)61-38-25-34-18-20-49-45(34)51-30-38)54-23-21-53(22-24-54)31-35-17-19-47(3,4)28-41(35)33-9-11-36(48)12-10-33/h9-16,18,20,25-27,30,32,50H,5-8,17,19,21-24,28-29,31H2,1-4H3,(H,49,51)(H,52,56). The van der Waals surface area contributed by atoms with Gasteiger partial charge in [0.25, 0.3) is 21.6 Å². The minimum absolute atomic E-state index is 0.0299. The number of carbonyl (C=O) groups is 1. The first-order chi connectivity index (χ1) is 29.7. The normalized spacial score (nSPS) is 15.9. The van der Waals surface area contributed by atoms with Gasteiger partial charge in [0.05, 0.1) is 21.6 Å². The van der Waals surface area contributed by atoms with Crippen molar-refractivity contribution in [2.45, 2.75) is 77.5 Å². The lowest BCUT2D eigenvalue weighted by Crippen LogP contribution is -2.47. The van der Waals surface area contributed by atoms with Crippen LogP contribution in [0, 0.1) is 21.4 Å². The molecule has 15 heteroatoms. The number of rotatable bonds is 17. The van der Waals surface area contributed by atoms with Gasteiger partial charge in [0.15, 0.2) is 0 Å². The van der Waals surface area contributed by atoms with Crippen molar-refractivity contribution in [3.8, 4) is 11.5 Å². The maximum Gasteiger partial charge on any atom is 0.293 e. The van der Waals surface area contributed by atoms with Gasteiger partial charge < -0.3 is 19.9 Å². The summed E-state index contributed by atoms with van der Waals surface area (Å²) >= 11 is 6.24. The number of piperazine rings is 1. The predicted octanol–water partition coefficient (Wildman–Crippen LogP) is 10.4. The lowest BCUT2D eigenvalue weighted by molar-refractivity contribution is -0.384. The molecule has 0 atom stereocenters. The topological polar surface area (TPSA) is 163 Å². The molecule has 3 N–H and O–H groups in total. The maximum atomic E-state index is 13.9. The molecule has 1 aliphatic heterocycles. The molecule has 1 amide bonds. The Balaban J connectivity index is 1.10. The van der Waals surface area contributed by atoms with Crippen LogP contribution in [0.2, 0.25) is 5.02 Å². The fourth-order valence-electron chi connectivity index (χ4n) is 8.61. The van der Waals surface area contributed by atoms with E-state index in [9.17, 15) is 23.3 Å². The summed E-state index contributed by atoms with van der Waals surface area (Å²) in [6.07, 6.45) is 10.4. The van der Waals surface area contributed by atoms with Gasteiger partial charge in [-0.15, -0.1) is 0 Å². The molecule has 3 aromatic carbocycles. The number of nitrogens with one attached hydrogen (secondary N) is 3. The lowest BCUT2D eigenvalue weighted by Gasteiger charge is -2.39. The summed E-state index contributed by atoms with van der Waals surface area (Å²) < 4.78 is 35.9. The quantitative estimate of drug-likeness (QED) is 0.0605. The van der Waals surface area contributed by atoms with E-state index in [0.717, 1.165) is 99.8 Å². The first kappa shape index (κ1) is 44.6. The molecule has 1 saturated heterocycles. The highest BCUT2D eigenvalue weighted by atomic mass is 35.5. The van der Waals surface area contributed by atoms with E-state index in [1.165, 1.54) is 35.0 Å². The van der Waals surface area contributed by atoms with Crippen LogP contribution in [0.4, 0.5) is 17.1 Å². The van der Waals surface area contributed by atoms with Gasteiger partial charge in [0.1, 0.15) is 22.8 Å². The number of hydrogen-bond acceptors (Lipinski definition) is 10. The van der Waals surface area contributed by atoms with Gasteiger partial charge in [-0.3, -0.25) is 19.8 Å². The molecule has 5 aromatic rings. The minimum Gasteiger partial charge on any atom is -0.455 e. The van der Waals surface area contributed by atoms with Crippen molar-refractivity contribution in [3.63, 3.8) is 0 Å². The molecule has 0 saturated carbocycles. The van der Waals surface area contributed by atoms with Crippen LogP contribution in [0.3, 0.4) is 0 Å². The van der Waals surface area contributed by atoms with Gasteiger partial charge in [-0.25, -0.2) is 18.1 Å². The maximum absolute atomic E-state index is 13.9. The van der Waals surface area contributed by atoms with Crippen molar-refractivity contribution < 1.29 is 22.9 Å². The zero-order valence-corrected chi connectivity index (χ0v) is 37.4. The molecule has 0 bridgehead atoms. The molecule has 1 aliphatic carbocycles. The molecule has 2 aromatic heterocycles. The molecular weight excluding hydrogens is 826 g/mol. The second kappa shape index (κ2) is 19.3. The van der Waals surface area contributed by atoms with Gasteiger partial charge in [0, 0.05) is 73.7 Å². The number of H-pyrrole nitrogens is 1. The molecule has 3 heterocycles. The summed E-state index contributed by atoms with van der Waals surface area (Å²) in [7, 11) is -4.55. The fourth-order valence-corrected chi connectivity index (χ4v) is 9.73. The predicted molar refractivity (Wildman–Crippen MR) is 247 cm³/mol. The highest BCUT2D eigenvalue weighted by Crippen LogP contribution is 2.43. The third-order valence-corrected chi connectivity index (χ3v) is 13.6. The van der Waals surface area contributed by atoms with E-state index < -0.39 is 31.4 Å². The van der Waals surface area contributed by atoms with Gasteiger partial charge in [0.2, 0.25) is 0 Å². The number of anilines is 2. The summed E-state index contributed by atoms with van der Waals surface area (Å²) in [4.78, 5) is 37.2. The number of benzene rings is 3. The Morgan fingerprint density at radius 2 is 1.74 bits per heavy atom. The van der Waals surface area contributed by atoms with Crippen molar-refractivity contribution in [2.24, 2.45) is 11.3 Å². The summed E-state index contributed by atoms with van der Waals surface area (Å²) in [5.41, 5.74) is 5.62.